The van der Waals surface area contributed by atoms with E-state index in [0.29, 0.717) is 49.5 Å². The molecule has 1 aromatic rings. The summed E-state index contributed by atoms with van der Waals surface area (Å²) in [5, 5.41) is 3.67. The van der Waals surface area contributed by atoms with Crippen molar-refractivity contribution < 1.29 is 19.1 Å². The number of unbranched alkanes of at least 4 members (excludes halogenated alkanes) is 22. The second-order valence-electron chi connectivity index (χ2n) is 16.8. The summed E-state index contributed by atoms with van der Waals surface area (Å²) < 4.78 is 5.73. The number of thiophene rings is 1. The highest BCUT2D eigenvalue weighted by atomic mass is 32.1. The van der Waals surface area contributed by atoms with Crippen molar-refractivity contribution in [2.45, 2.75) is 213 Å². The van der Waals surface area contributed by atoms with Crippen LogP contribution in [0.5, 0.6) is 0 Å². The van der Waals surface area contributed by atoms with Crippen LogP contribution < -0.4 is 5.32 Å². The highest BCUT2D eigenvalue weighted by molar-refractivity contribution is 7.17. The zero-order chi connectivity index (χ0) is 41.2. The fourth-order valence-corrected chi connectivity index (χ4v) is 8.86. The molecule has 0 bridgehead atoms. The average Bonchev–Trinajstić information content (AvgIpc) is 3.56. The minimum Gasteiger partial charge on any atom is -0.462 e. The molecule has 8 heteroatoms. The molecule has 0 saturated carbocycles. The Kier molecular flexibility index (Phi) is 30.6. The topological polar surface area (TPSA) is 79.0 Å². The third-order valence-electron chi connectivity index (χ3n) is 11.2. The number of nitrogens with one attached hydrogen (secondary N) is 1. The number of hydrogen-bond acceptors (Lipinski definition) is 6. The molecule has 0 aliphatic carbocycles. The number of allylic oxidation sites excluding steroid dienone is 4. The Balaban J connectivity index is 1.73. The van der Waals surface area contributed by atoms with Gasteiger partial charge in [-0.1, -0.05) is 141 Å². The number of nitrogens with zero attached hydrogens (tertiary/aromatic N) is 2. The summed E-state index contributed by atoms with van der Waals surface area (Å²) in [6, 6.07) is 0. The van der Waals surface area contributed by atoms with Gasteiger partial charge in [-0.05, 0) is 96.7 Å². The van der Waals surface area contributed by atoms with Crippen LogP contribution in [0.3, 0.4) is 0 Å². The maximum absolute atomic E-state index is 13.4. The number of hydrogen-bond donors (Lipinski definition) is 1. The van der Waals surface area contributed by atoms with Gasteiger partial charge in [-0.15, -0.1) is 11.3 Å². The fraction of sp³-hybridized carbons (Fsp3) is 0.776. The van der Waals surface area contributed by atoms with E-state index in [0.717, 1.165) is 68.4 Å². The Morgan fingerprint density at radius 2 is 1.12 bits per heavy atom. The third-order valence-corrected chi connectivity index (χ3v) is 12.3. The number of carbonyl (C=O) groups is 3. The summed E-state index contributed by atoms with van der Waals surface area (Å²) in [6.45, 7) is 6.80. The molecule has 1 aromatic heterocycles. The van der Waals surface area contributed by atoms with E-state index >= 15 is 0 Å². The van der Waals surface area contributed by atoms with Crippen molar-refractivity contribution in [1.29, 1.82) is 0 Å². The lowest BCUT2D eigenvalue weighted by molar-refractivity contribution is -0.132. The van der Waals surface area contributed by atoms with Crippen molar-refractivity contribution in [2.24, 2.45) is 0 Å². The first-order valence-corrected chi connectivity index (χ1v) is 24.5. The molecule has 2 rings (SSSR count). The molecule has 2 heterocycles. The van der Waals surface area contributed by atoms with E-state index in [1.54, 1.807) is 0 Å². The fourth-order valence-electron chi connectivity index (χ4n) is 7.59. The van der Waals surface area contributed by atoms with Crippen molar-refractivity contribution in [3.8, 4) is 0 Å². The van der Waals surface area contributed by atoms with E-state index in [2.05, 4.69) is 48.4 Å². The Bertz CT molecular complexity index is 1260. The molecule has 57 heavy (non-hydrogen) atoms. The lowest BCUT2D eigenvalue weighted by atomic mass is 10.0. The van der Waals surface area contributed by atoms with Gasteiger partial charge in [0.2, 0.25) is 11.8 Å². The molecule has 1 aliphatic heterocycles. The van der Waals surface area contributed by atoms with Crippen LogP contribution in [0.25, 0.3) is 0 Å². The highest BCUT2D eigenvalue weighted by Gasteiger charge is 2.31. The number of carbonyl (C=O) groups excluding carboxylic acids is 3. The number of amides is 2. The van der Waals surface area contributed by atoms with Crippen LogP contribution in [-0.4, -0.2) is 61.4 Å². The molecule has 0 saturated heterocycles. The van der Waals surface area contributed by atoms with Gasteiger partial charge in [0.25, 0.3) is 0 Å². The van der Waals surface area contributed by atoms with Gasteiger partial charge in [-0.3, -0.25) is 9.59 Å². The standard InChI is InChI=1S/C49H85N3O4S/c1-5-7-9-11-13-15-17-19-21-23-25-27-29-31-33-36-45(53)50-48-47(49(55)56-41-35-39-51(3)4)43-38-40-52(42-44(43)57-48)46(54)37-34-32-30-28-26-24-22-20-18-16-14-12-10-8-6-2/h19-22H,5-18,23-42H2,1-4H3,(H,50,53)/b21-19-,22-20-. The van der Waals surface area contributed by atoms with Gasteiger partial charge < -0.3 is 19.9 Å². The number of ether oxygens (including phenoxy) is 1. The zero-order valence-electron chi connectivity index (χ0n) is 37.3. The van der Waals surface area contributed by atoms with Gasteiger partial charge in [0, 0.05) is 30.8 Å². The second kappa shape index (κ2) is 34.4. The Morgan fingerprint density at radius 1 is 0.649 bits per heavy atom. The first kappa shape index (κ1) is 50.7. The molecule has 326 valence electrons. The molecule has 1 N–H and O–H groups in total. The summed E-state index contributed by atoms with van der Waals surface area (Å²) in [5.74, 6) is -0.227. The molecular formula is C49H85N3O4S. The summed E-state index contributed by atoms with van der Waals surface area (Å²) in [7, 11) is 4.01. The zero-order valence-corrected chi connectivity index (χ0v) is 38.1. The SMILES string of the molecule is CCCCCCCC/C=C\CCCCCCCC(=O)Nc1sc2c(c1C(=O)OCCCN(C)C)CCN(C(=O)CCCCCCC/C=C\CCCCCCCC)C2. The van der Waals surface area contributed by atoms with E-state index in [-0.39, 0.29) is 17.8 Å². The normalized spacial score (nSPS) is 13.0. The van der Waals surface area contributed by atoms with E-state index < -0.39 is 0 Å². The van der Waals surface area contributed by atoms with Gasteiger partial charge in [-0.2, -0.15) is 0 Å². The lowest BCUT2D eigenvalue weighted by Gasteiger charge is -2.27. The monoisotopic (exact) mass is 812 g/mol. The molecule has 0 unspecified atom stereocenters. The highest BCUT2D eigenvalue weighted by Crippen LogP contribution is 2.38. The van der Waals surface area contributed by atoms with Crippen molar-refractivity contribution in [1.82, 2.24) is 9.80 Å². The minimum atomic E-state index is -0.365. The van der Waals surface area contributed by atoms with Crippen molar-refractivity contribution in [2.75, 3.05) is 39.1 Å². The van der Waals surface area contributed by atoms with Gasteiger partial charge in [0.15, 0.2) is 0 Å². The van der Waals surface area contributed by atoms with Crippen LogP contribution in [0.15, 0.2) is 24.3 Å². The minimum absolute atomic E-state index is 0.0509. The van der Waals surface area contributed by atoms with Crippen LogP contribution in [0, 0.1) is 0 Å². The summed E-state index contributed by atoms with van der Waals surface area (Å²) in [6.07, 6.45) is 43.8. The molecule has 2 amide bonds. The quantitative estimate of drug-likeness (QED) is 0.0415. The first-order valence-electron chi connectivity index (χ1n) is 23.7. The molecule has 0 fully saturated rings. The van der Waals surface area contributed by atoms with Crippen LogP contribution in [0.2, 0.25) is 0 Å². The molecule has 0 radical (unpaired) electrons. The number of rotatable bonds is 36. The average molecular weight is 812 g/mol. The smallest absolute Gasteiger partial charge is 0.341 e. The van der Waals surface area contributed by atoms with Gasteiger partial charge in [0.1, 0.15) is 5.00 Å². The van der Waals surface area contributed by atoms with Crippen LogP contribution >= 0.6 is 11.3 Å². The van der Waals surface area contributed by atoms with E-state index in [1.165, 1.54) is 133 Å². The van der Waals surface area contributed by atoms with E-state index in [1.807, 2.05) is 19.0 Å². The Morgan fingerprint density at radius 3 is 1.63 bits per heavy atom. The largest absolute Gasteiger partial charge is 0.462 e. The van der Waals surface area contributed by atoms with Crippen molar-refractivity contribution in [3.05, 3.63) is 40.3 Å². The van der Waals surface area contributed by atoms with E-state index in [9.17, 15) is 14.4 Å². The van der Waals surface area contributed by atoms with Crippen molar-refractivity contribution >= 4 is 34.1 Å². The predicted octanol–water partition coefficient (Wildman–Crippen LogP) is 13.8. The number of fused-ring (bicyclic) bond motifs is 1. The van der Waals surface area contributed by atoms with Crippen LogP contribution in [-0.2, 0) is 27.3 Å². The van der Waals surface area contributed by atoms with Crippen LogP contribution in [0.4, 0.5) is 5.00 Å². The lowest BCUT2D eigenvalue weighted by Crippen LogP contribution is -2.35. The van der Waals surface area contributed by atoms with Gasteiger partial charge >= 0.3 is 5.97 Å². The van der Waals surface area contributed by atoms with Crippen LogP contribution in [0.1, 0.15) is 221 Å². The third kappa shape index (κ3) is 24.9. The number of anilines is 1. The first-order chi connectivity index (χ1) is 27.9. The van der Waals surface area contributed by atoms with Crippen molar-refractivity contribution in [3.63, 3.8) is 0 Å². The number of esters is 1. The second-order valence-corrected chi connectivity index (χ2v) is 17.9. The molecule has 7 nitrogen and oxygen atoms in total. The molecule has 0 atom stereocenters. The Labute approximate surface area is 354 Å². The maximum Gasteiger partial charge on any atom is 0.341 e. The molecular weight excluding hydrogens is 727 g/mol. The predicted molar refractivity (Wildman–Crippen MR) is 244 cm³/mol. The molecule has 0 spiro atoms. The van der Waals surface area contributed by atoms with Gasteiger partial charge in [-0.25, -0.2) is 4.79 Å². The summed E-state index contributed by atoms with van der Waals surface area (Å²) >= 11 is 1.45. The van der Waals surface area contributed by atoms with E-state index in [4.69, 9.17) is 4.74 Å². The summed E-state index contributed by atoms with van der Waals surface area (Å²) in [5.41, 5.74) is 1.45. The summed E-state index contributed by atoms with van der Waals surface area (Å²) in [4.78, 5) is 44.8. The van der Waals surface area contributed by atoms with Gasteiger partial charge in [0.05, 0.1) is 18.7 Å². The molecule has 1 aliphatic rings. The molecule has 0 aromatic carbocycles. The Hall–Kier alpha value is -2.45. The maximum atomic E-state index is 13.4.